The molecular formula is C23H19ClF2N4O5. The van der Waals surface area contributed by atoms with E-state index < -0.39 is 29.2 Å². The van der Waals surface area contributed by atoms with E-state index in [0.29, 0.717) is 5.56 Å². The first kappa shape index (κ1) is 24.5. The number of aromatic nitrogens is 2. The molecule has 0 spiro atoms. The average molecular weight is 505 g/mol. The molecule has 9 nitrogen and oxygen atoms in total. The second-order valence-electron chi connectivity index (χ2n) is 7.70. The van der Waals surface area contributed by atoms with E-state index in [9.17, 15) is 18.4 Å². The van der Waals surface area contributed by atoms with Crippen molar-refractivity contribution in [1.82, 2.24) is 15.3 Å². The van der Waals surface area contributed by atoms with Crippen molar-refractivity contribution in [1.29, 1.82) is 5.26 Å². The third kappa shape index (κ3) is 5.74. The van der Waals surface area contributed by atoms with Crippen molar-refractivity contribution in [2.45, 2.75) is 25.2 Å². The summed E-state index contributed by atoms with van der Waals surface area (Å²) >= 11 is 5.74. The molecule has 1 aliphatic heterocycles. The lowest BCUT2D eigenvalue weighted by atomic mass is 10.2. The quantitative estimate of drug-likeness (QED) is 0.506. The van der Waals surface area contributed by atoms with Gasteiger partial charge in [-0.1, -0.05) is 17.7 Å². The fourth-order valence-electron chi connectivity index (χ4n) is 3.42. The molecule has 182 valence electrons. The van der Waals surface area contributed by atoms with Gasteiger partial charge in [0.2, 0.25) is 0 Å². The molecule has 2 N–H and O–H groups in total. The summed E-state index contributed by atoms with van der Waals surface area (Å²) in [6, 6.07) is 8.33. The van der Waals surface area contributed by atoms with E-state index in [2.05, 4.69) is 15.3 Å². The topological polar surface area (TPSA) is 126 Å². The van der Waals surface area contributed by atoms with Gasteiger partial charge in [0.1, 0.15) is 23.9 Å². The number of carbonyl (C=O) groups excluding carboxylic acids is 1. The van der Waals surface area contributed by atoms with Gasteiger partial charge in [0.25, 0.3) is 11.5 Å². The predicted molar refractivity (Wildman–Crippen MR) is 120 cm³/mol. The number of benzene rings is 2. The Hall–Kier alpha value is -3.59. The molecule has 0 radical (unpaired) electrons. The standard InChI is InChI=1S/C23H19ClF2N4O5/c24-15-7-12(1-2-16(15)25)8-28-23(32)21-29-18-4-3-17(26)20(19(18)22(31)30-21)35-11-14-10-33-13(5-6-27)9-34-14/h1-4,7,13-14H,5,8-11H2,(H,28,32)(H,29,30,31). The van der Waals surface area contributed by atoms with E-state index in [-0.39, 0.29) is 66.4 Å². The second-order valence-corrected chi connectivity index (χ2v) is 8.11. The number of nitrogens with one attached hydrogen (secondary N) is 2. The number of nitrogens with zero attached hydrogens (tertiary/aromatic N) is 2. The minimum atomic E-state index is -0.783. The molecule has 2 unspecified atom stereocenters. The molecule has 1 amide bonds. The Morgan fingerprint density at radius 3 is 2.69 bits per heavy atom. The van der Waals surface area contributed by atoms with E-state index in [4.69, 9.17) is 31.1 Å². The summed E-state index contributed by atoms with van der Waals surface area (Å²) in [7, 11) is 0. The summed E-state index contributed by atoms with van der Waals surface area (Å²) in [5, 5.41) is 11.0. The molecule has 4 rings (SSSR count). The van der Waals surface area contributed by atoms with Crippen LogP contribution in [-0.2, 0) is 16.0 Å². The first-order valence-electron chi connectivity index (χ1n) is 10.5. The van der Waals surface area contributed by atoms with E-state index in [1.165, 1.54) is 24.3 Å². The summed E-state index contributed by atoms with van der Waals surface area (Å²) in [5.41, 5.74) is -0.178. The molecule has 0 bridgehead atoms. The van der Waals surface area contributed by atoms with Gasteiger partial charge >= 0.3 is 0 Å². The summed E-state index contributed by atoms with van der Waals surface area (Å²) in [4.78, 5) is 31.7. The van der Waals surface area contributed by atoms with Crippen molar-refractivity contribution in [3.05, 3.63) is 68.7 Å². The van der Waals surface area contributed by atoms with Crippen LogP contribution in [0.3, 0.4) is 0 Å². The summed E-state index contributed by atoms with van der Waals surface area (Å²) in [6.45, 7) is 0.259. The molecular weight excluding hydrogens is 486 g/mol. The second kappa shape index (κ2) is 10.8. The minimum absolute atomic E-state index is 0.0110. The number of amides is 1. The van der Waals surface area contributed by atoms with Crippen LogP contribution in [0.15, 0.2) is 35.1 Å². The number of aromatic amines is 1. The SMILES string of the molecule is N#CCC1COC(COc2c(F)ccc3nc(C(=O)NCc4ccc(F)c(Cl)c4)[nH]c(=O)c23)CO1. The number of H-pyrrole nitrogens is 1. The van der Waals surface area contributed by atoms with Gasteiger partial charge in [-0.15, -0.1) is 0 Å². The van der Waals surface area contributed by atoms with E-state index in [1.807, 2.05) is 6.07 Å². The first-order chi connectivity index (χ1) is 16.9. The van der Waals surface area contributed by atoms with Crippen LogP contribution in [0.25, 0.3) is 10.9 Å². The number of halogens is 3. The molecule has 0 saturated carbocycles. The monoisotopic (exact) mass is 504 g/mol. The molecule has 1 aliphatic rings. The fraction of sp³-hybridized carbons (Fsp3) is 0.304. The van der Waals surface area contributed by atoms with Crippen LogP contribution < -0.4 is 15.6 Å². The summed E-state index contributed by atoms with van der Waals surface area (Å²) in [5.74, 6) is -2.68. The zero-order valence-electron chi connectivity index (χ0n) is 18.1. The van der Waals surface area contributed by atoms with Gasteiger partial charge in [0.15, 0.2) is 17.4 Å². The summed E-state index contributed by atoms with van der Waals surface area (Å²) < 4.78 is 44.4. The largest absolute Gasteiger partial charge is 0.487 e. The number of rotatable bonds is 7. The third-order valence-electron chi connectivity index (χ3n) is 5.20. The van der Waals surface area contributed by atoms with Crippen LogP contribution in [-0.4, -0.2) is 47.9 Å². The number of hydrogen-bond donors (Lipinski definition) is 2. The molecule has 0 aliphatic carbocycles. The van der Waals surface area contributed by atoms with Crippen LogP contribution in [0.1, 0.15) is 22.6 Å². The van der Waals surface area contributed by atoms with Crippen LogP contribution in [0.2, 0.25) is 5.02 Å². The van der Waals surface area contributed by atoms with Crippen molar-refractivity contribution in [2.75, 3.05) is 19.8 Å². The summed E-state index contributed by atoms with van der Waals surface area (Å²) in [6.07, 6.45) is -0.654. The molecule has 12 heteroatoms. The van der Waals surface area contributed by atoms with Gasteiger partial charge in [0.05, 0.1) is 42.3 Å². The van der Waals surface area contributed by atoms with Gasteiger partial charge in [-0.05, 0) is 29.8 Å². The number of carbonyl (C=O) groups is 1. The highest BCUT2D eigenvalue weighted by Crippen LogP contribution is 2.26. The molecule has 2 atom stereocenters. The number of ether oxygens (including phenoxy) is 3. The number of hydrogen-bond acceptors (Lipinski definition) is 7. The van der Waals surface area contributed by atoms with Gasteiger partial charge < -0.3 is 24.5 Å². The molecule has 1 fully saturated rings. The molecule has 3 aromatic rings. The van der Waals surface area contributed by atoms with Crippen molar-refractivity contribution < 1.29 is 27.8 Å². The van der Waals surface area contributed by atoms with Gasteiger partial charge in [-0.3, -0.25) is 9.59 Å². The third-order valence-corrected chi connectivity index (χ3v) is 5.49. The van der Waals surface area contributed by atoms with Crippen molar-refractivity contribution in [2.24, 2.45) is 0 Å². The van der Waals surface area contributed by atoms with E-state index in [0.717, 1.165) is 6.07 Å². The Bertz CT molecular complexity index is 1350. The number of fused-ring (bicyclic) bond motifs is 1. The Kier molecular flexibility index (Phi) is 7.55. The van der Waals surface area contributed by atoms with E-state index in [1.54, 1.807) is 0 Å². The van der Waals surface area contributed by atoms with Crippen LogP contribution in [0, 0.1) is 23.0 Å². The lowest BCUT2D eigenvalue weighted by molar-refractivity contribution is -0.140. The maximum atomic E-state index is 14.5. The minimum Gasteiger partial charge on any atom is -0.487 e. The normalized spacial score (nSPS) is 17.7. The molecule has 2 aromatic carbocycles. The lowest BCUT2D eigenvalue weighted by Crippen LogP contribution is -2.38. The van der Waals surface area contributed by atoms with Crippen LogP contribution in [0.4, 0.5) is 8.78 Å². The Morgan fingerprint density at radius 2 is 1.97 bits per heavy atom. The Balaban J connectivity index is 1.47. The van der Waals surface area contributed by atoms with Gasteiger partial charge in [-0.25, -0.2) is 13.8 Å². The van der Waals surface area contributed by atoms with Gasteiger partial charge in [0, 0.05) is 6.54 Å². The van der Waals surface area contributed by atoms with Gasteiger partial charge in [-0.2, -0.15) is 5.26 Å². The molecule has 1 aromatic heterocycles. The zero-order valence-corrected chi connectivity index (χ0v) is 18.9. The maximum Gasteiger partial charge on any atom is 0.287 e. The van der Waals surface area contributed by atoms with Crippen LogP contribution >= 0.6 is 11.6 Å². The average Bonchev–Trinajstić information content (AvgIpc) is 2.85. The zero-order chi connectivity index (χ0) is 24.9. The van der Waals surface area contributed by atoms with Crippen molar-refractivity contribution in [3.8, 4) is 11.8 Å². The Labute approximate surface area is 202 Å². The predicted octanol–water partition coefficient (Wildman–Crippen LogP) is 2.86. The van der Waals surface area contributed by atoms with Crippen LogP contribution in [0.5, 0.6) is 5.75 Å². The van der Waals surface area contributed by atoms with E-state index >= 15 is 0 Å². The molecule has 1 saturated heterocycles. The maximum absolute atomic E-state index is 14.5. The smallest absolute Gasteiger partial charge is 0.287 e. The Morgan fingerprint density at radius 1 is 1.23 bits per heavy atom. The lowest BCUT2D eigenvalue weighted by Gasteiger charge is -2.28. The van der Waals surface area contributed by atoms with Crippen molar-refractivity contribution >= 4 is 28.4 Å². The van der Waals surface area contributed by atoms with Crippen molar-refractivity contribution in [3.63, 3.8) is 0 Å². The highest BCUT2D eigenvalue weighted by molar-refractivity contribution is 6.30. The first-order valence-corrected chi connectivity index (χ1v) is 10.9. The highest BCUT2D eigenvalue weighted by atomic mass is 35.5. The number of nitriles is 1. The molecule has 35 heavy (non-hydrogen) atoms. The molecule has 2 heterocycles. The highest BCUT2D eigenvalue weighted by Gasteiger charge is 2.24. The fourth-order valence-corrected chi connectivity index (χ4v) is 3.62.